The van der Waals surface area contributed by atoms with E-state index in [0.717, 1.165) is 25.3 Å². The normalized spacial score (nSPS) is 15.5. The third-order valence-electron chi connectivity index (χ3n) is 3.88. The Labute approximate surface area is 122 Å². The van der Waals surface area contributed by atoms with Crippen LogP contribution in [-0.2, 0) is 4.74 Å². The Morgan fingerprint density at radius 1 is 1.43 bits per heavy atom. The van der Waals surface area contributed by atoms with Crippen LogP contribution in [0.4, 0.5) is 4.39 Å². The van der Waals surface area contributed by atoms with Gasteiger partial charge in [0, 0.05) is 20.3 Å². The Kier molecular flexibility index (Phi) is 4.57. The number of carbonyl (C=O) groups excluding carboxylic acids is 1. The maximum absolute atomic E-state index is 13.8. The molecule has 0 saturated heterocycles. The van der Waals surface area contributed by atoms with E-state index in [4.69, 9.17) is 9.84 Å². The highest BCUT2D eigenvalue weighted by Gasteiger charge is 2.42. The van der Waals surface area contributed by atoms with Gasteiger partial charge in [0.1, 0.15) is 5.82 Å². The van der Waals surface area contributed by atoms with Crippen molar-refractivity contribution in [3.05, 3.63) is 35.1 Å². The molecule has 0 radical (unpaired) electrons. The Morgan fingerprint density at radius 2 is 2.14 bits per heavy atom. The SMILES string of the molecule is COCCC1(CNC(=O)c2ccc(C(=O)O)cc2F)CC1. The molecule has 1 fully saturated rings. The molecule has 0 unspecified atom stereocenters. The van der Waals surface area contributed by atoms with Gasteiger partial charge in [0.2, 0.25) is 0 Å². The minimum absolute atomic E-state index is 0.0726. The maximum atomic E-state index is 13.8. The molecule has 0 aromatic heterocycles. The fourth-order valence-electron chi connectivity index (χ4n) is 2.21. The van der Waals surface area contributed by atoms with Crippen molar-refractivity contribution in [1.82, 2.24) is 5.32 Å². The number of rotatable bonds is 7. The third-order valence-corrected chi connectivity index (χ3v) is 3.88. The largest absolute Gasteiger partial charge is 0.478 e. The highest BCUT2D eigenvalue weighted by atomic mass is 19.1. The molecule has 0 aliphatic heterocycles. The van der Waals surface area contributed by atoms with Gasteiger partial charge < -0.3 is 15.2 Å². The highest BCUT2D eigenvalue weighted by Crippen LogP contribution is 2.48. The lowest BCUT2D eigenvalue weighted by atomic mass is 10.0. The number of halogens is 1. The predicted molar refractivity (Wildman–Crippen MR) is 73.9 cm³/mol. The molecule has 1 aliphatic carbocycles. The lowest BCUT2D eigenvalue weighted by molar-refractivity contribution is 0.0695. The summed E-state index contributed by atoms with van der Waals surface area (Å²) in [4.78, 5) is 22.7. The van der Waals surface area contributed by atoms with Crippen LogP contribution in [0.3, 0.4) is 0 Å². The van der Waals surface area contributed by atoms with Gasteiger partial charge in [-0.25, -0.2) is 9.18 Å². The Morgan fingerprint density at radius 3 is 2.67 bits per heavy atom. The van der Waals surface area contributed by atoms with Crippen molar-refractivity contribution < 1.29 is 23.8 Å². The lowest BCUT2D eigenvalue weighted by Crippen LogP contribution is -2.31. The van der Waals surface area contributed by atoms with E-state index in [1.165, 1.54) is 12.1 Å². The summed E-state index contributed by atoms with van der Waals surface area (Å²) in [7, 11) is 1.63. The molecule has 0 spiro atoms. The number of aromatic carboxylic acids is 1. The second-order valence-corrected chi connectivity index (χ2v) is 5.43. The summed E-state index contributed by atoms with van der Waals surface area (Å²) >= 11 is 0. The molecular weight excluding hydrogens is 277 g/mol. The summed E-state index contributed by atoms with van der Waals surface area (Å²) in [5.74, 6) is -2.57. The molecular formula is C15H18FNO4. The number of hydrogen-bond acceptors (Lipinski definition) is 3. The van der Waals surface area contributed by atoms with E-state index in [2.05, 4.69) is 5.32 Å². The van der Waals surface area contributed by atoms with Crippen molar-refractivity contribution in [3.63, 3.8) is 0 Å². The van der Waals surface area contributed by atoms with Gasteiger partial charge in [-0.05, 0) is 42.9 Å². The zero-order valence-electron chi connectivity index (χ0n) is 11.8. The van der Waals surface area contributed by atoms with E-state index >= 15 is 0 Å². The number of ether oxygens (including phenoxy) is 1. The molecule has 5 nitrogen and oxygen atoms in total. The van der Waals surface area contributed by atoms with Gasteiger partial charge in [-0.2, -0.15) is 0 Å². The number of carboxylic acid groups (broad SMARTS) is 1. The van der Waals surface area contributed by atoms with Crippen LogP contribution in [0.2, 0.25) is 0 Å². The fraction of sp³-hybridized carbons (Fsp3) is 0.467. The van der Waals surface area contributed by atoms with Gasteiger partial charge in [-0.1, -0.05) is 0 Å². The van der Waals surface area contributed by atoms with Crippen LogP contribution in [0.5, 0.6) is 0 Å². The number of carbonyl (C=O) groups is 2. The predicted octanol–water partition coefficient (Wildman–Crippen LogP) is 2.07. The van der Waals surface area contributed by atoms with Gasteiger partial charge in [0.05, 0.1) is 11.1 Å². The maximum Gasteiger partial charge on any atom is 0.335 e. The van der Waals surface area contributed by atoms with Crippen LogP contribution in [-0.4, -0.2) is 37.2 Å². The van der Waals surface area contributed by atoms with E-state index < -0.39 is 17.7 Å². The first-order chi connectivity index (χ1) is 9.97. The average molecular weight is 295 g/mol. The molecule has 0 atom stereocenters. The van der Waals surface area contributed by atoms with Crippen LogP contribution in [0.15, 0.2) is 18.2 Å². The standard InChI is InChI=1S/C15H18FNO4/c1-21-7-6-15(4-5-15)9-17-13(18)11-3-2-10(14(19)20)8-12(11)16/h2-3,8H,4-7,9H2,1H3,(H,17,18)(H,19,20). The van der Waals surface area contributed by atoms with Gasteiger partial charge in [0.15, 0.2) is 0 Å². The van der Waals surface area contributed by atoms with E-state index in [9.17, 15) is 14.0 Å². The number of amides is 1. The first kappa shape index (κ1) is 15.4. The minimum atomic E-state index is -1.22. The average Bonchev–Trinajstić information content (AvgIpc) is 3.23. The molecule has 1 saturated carbocycles. The van der Waals surface area contributed by atoms with Gasteiger partial charge in [-0.15, -0.1) is 0 Å². The molecule has 114 valence electrons. The Bertz CT molecular complexity index is 555. The highest BCUT2D eigenvalue weighted by molar-refractivity contribution is 5.96. The van der Waals surface area contributed by atoms with Crippen molar-refractivity contribution in [2.45, 2.75) is 19.3 Å². The van der Waals surface area contributed by atoms with E-state index in [1.54, 1.807) is 7.11 Å². The topological polar surface area (TPSA) is 75.6 Å². The summed E-state index contributed by atoms with van der Waals surface area (Å²) < 4.78 is 18.8. The summed E-state index contributed by atoms with van der Waals surface area (Å²) in [5.41, 5.74) is -0.242. The second kappa shape index (κ2) is 6.22. The lowest BCUT2D eigenvalue weighted by Gasteiger charge is -2.15. The molecule has 2 rings (SSSR count). The number of nitrogens with one attached hydrogen (secondary N) is 1. The van der Waals surface area contributed by atoms with E-state index in [1.807, 2.05) is 0 Å². The van der Waals surface area contributed by atoms with E-state index in [-0.39, 0.29) is 16.5 Å². The van der Waals surface area contributed by atoms with Crippen LogP contribution >= 0.6 is 0 Å². The first-order valence-electron chi connectivity index (χ1n) is 6.77. The fourth-order valence-corrected chi connectivity index (χ4v) is 2.21. The van der Waals surface area contributed by atoms with Crippen molar-refractivity contribution in [2.75, 3.05) is 20.3 Å². The summed E-state index contributed by atoms with van der Waals surface area (Å²) in [6, 6.07) is 3.27. The third kappa shape index (κ3) is 3.78. The molecule has 1 aromatic carbocycles. The molecule has 21 heavy (non-hydrogen) atoms. The second-order valence-electron chi connectivity index (χ2n) is 5.43. The van der Waals surface area contributed by atoms with E-state index in [0.29, 0.717) is 13.2 Å². The Balaban J connectivity index is 1.96. The number of benzene rings is 1. The van der Waals surface area contributed by atoms with Crippen LogP contribution in [0.1, 0.15) is 40.0 Å². The summed E-state index contributed by atoms with van der Waals surface area (Å²) in [5, 5.41) is 11.5. The van der Waals surface area contributed by atoms with Crippen molar-refractivity contribution >= 4 is 11.9 Å². The van der Waals surface area contributed by atoms with Crippen LogP contribution in [0, 0.1) is 11.2 Å². The zero-order valence-corrected chi connectivity index (χ0v) is 11.8. The quantitative estimate of drug-likeness (QED) is 0.807. The molecule has 0 bridgehead atoms. The van der Waals surface area contributed by atoms with Crippen molar-refractivity contribution in [1.29, 1.82) is 0 Å². The first-order valence-corrected chi connectivity index (χ1v) is 6.77. The van der Waals surface area contributed by atoms with Gasteiger partial charge in [0.25, 0.3) is 5.91 Å². The molecule has 1 aliphatic rings. The van der Waals surface area contributed by atoms with Gasteiger partial charge in [-0.3, -0.25) is 4.79 Å². The minimum Gasteiger partial charge on any atom is -0.478 e. The molecule has 1 aromatic rings. The summed E-state index contributed by atoms with van der Waals surface area (Å²) in [6.45, 7) is 1.12. The van der Waals surface area contributed by atoms with Crippen molar-refractivity contribution in [2.24, 2.45) is 5.41 Å². The molecule has 0 heterocycles. The zero-order chi connectivity index (χ0) is 15.5. The van der Waals surface area contributed by atoms with Crippen LogP contribution < -0.4 is 5.32 Å². The summed E-state index contributed by atoms with van der Waals surface area (Å²) in [6.07, 6.45) is 2.92. The monoisotopic (exact) mass is 295 g/mol. The molecule has 6 heteroatoms. The Hall–Kier alpha value is -1.95. The number of carboxylic acids is 1. The van der Waals surface area contributed by atoms with Gasteiger partial charge >= 0.3 is 5.97 Å². The number of methoxy groups -OCH3 is 1. The smallest absolute Gasteiger partial charge is 0.335 e. The van der Waals surface area contributed by atoms with Crippen molar-refractivity contribution in [3.8, 4) is 0 Å². The molecule has 1 amide bonds. The molecule has 2 N–H and O–H groups in total. The number of hydrogen-bond donors (Lipinski definition) is 2. The van der Waals surface area contributed by atoms with Crippen LogP contribution in [0.25, 0.3) is 0 Å².